The van der Waals surface area contributed by atoms with Crippen LogP contribution in [0.3, 0.4) is 0 Å². The zero-order chi connectivity index (χ0) is 11.5. The van der Waals surface area contributed by atoms with E-state index in [0.29, 0.717) is 17.9 Å². The quantitative estimate of drug-likeness (QED) is 0.818. The summed E-state index contributed by atoms with van der Waals surface area (Å²) in [5.41, 5.74) is 8.41. The number of hydrogen-bond donors (Lipinski definition) is 1. The molecule has 16 heavy (non-hydrogen) atoms. The van der Waals surface area contributed by atoms with Crippen LogP contribution >= 0.6 is 11.3 Å². The Morgan fingerprint density at radius 3 is 3.12 bits per heavy atom. The van der Waals surface area contributed by atoms with Gasteiger partial charge in [-0.15, -0.1) is 11.3 Å². The van der Waals surface area contributed by atoms with Crippen molar-refractivity contribution in [3.63, 3.8) is 0 Å². The number of carbonyl (C=O) groups excluding carboxylic acids is 1. The molecule has 0 bridgehead atoms. The Bertz CT molecular complexity index is 490. The number of aromatic nitrogens is 2. The molecule has 5 nitrogen and oxygen atoms in total. The number of nitrogens with two attached hydrogens (primary N) is 1. The molecule has 6 heteroatoms. The van der Waals surface area contributed by atoms with Crippen LogP contribution in [-0.4, -0.2) is 22.6 Å². The smallest absolute Gasteiger partial charge is 0.354 e. The van der Waals surface area contributed by atoms with Crippen molar-refractivity contribution in [1.29, 1.82) is 0 Å². The van der Waals surface area contributed by atoms with Gasteiger partial charge in [-0.1, -0.05) is 0 Å². The molecule has 2 N–H and O–H groups in total. The molecule has 0 aliphatic rings. The topological polar surface area (TPSA) is 70.1 Å². The number of anilines is 1. The lowest BCUT2D eigenvalue weighted by Crippen LogP contribution is -2.10. The molecule has 0 saturated heterocycles. The van der Waals surface area contributed by atoms with E-state index in [0.717, 1.165) is 4.88 Å². The average Bonchev–Trinajstić information content (AvgIpc) is 2.88. The highest BCUT2D eigenvalue weighted by atomic mass is 32.1. The van der Waals surface area contributed by atoms with Crippen LogP contribution in [0.1, 0.15) is 15.4 Å². The van der Waals surface area contributed by atoms with Gasteiger partial charge in [0.25, 0.3) is 0 Å². The lowest BCUT2D eigenvalue weighted by molar-refractivity contribution is 0.0589. The monoisotopic (exact) mass is 237 g/mol. The Morgan fingerprint density at radius 2 is 2.50 bits per heavy atom. The van der Waals surface area contributed by atoms with Crippen molar-refractivity contribution in [1.82, 2.24) is 9.55 Å². The first-order valence-corrected chi connectivity index (χ1v) is 5.50. The normalized spacial score (nSPS) is 10.3. The summed E-state index contributed by atoms with van der Waals surface area (Å²) in [5, 5.41) is 0. The first-order chi connectivity index (χ1) is 7.70. The molecule has 0 unspecified atom stereocenters. The fraction of sp³-hybridized carbons (Fsp3) is 0.200. The summed E-state index contributed by atoms with van der Waals surface area (Å²) in [5.74, 6) is -0.388. The summed E-state index contributed by atoms with van der Waals surface area (Å²) < 4.78 is 6.44. The molecule has 0 amide bonds. The van der Waals surface area contributed by atoms with Crippen LogP contribution in [-0.2, 0) is 11.3 Å². The van der Waals surface area contributed by atoms with E-state index in [1.807, 2.05) is 0 Å². The number of nitrogens with zero attached hydrogens (tertiary/aromatic N) is 2. The second-order valence-corrected chi connectivity index (χ2v) is 4.22. The van der Waals surface area contributed by atoms with E-state index in [9.17, 15) is 4.79 Å². The van der Waals surface area contributed by atoms with Crippen molar-refractivity contribution >= 4 is 23.0 Å². The fourth-order valence-electron chi connectivity index (χ4n) is 1.43. The summed E-state index contributed by atoms with van der Waals surface area (Å²) in [4.78, 5) is 16.5. The van der Waals surface area contributed by atoms with E-state index < -0.39 is 0 Å². The molecule has 0 aromatic carbocycles. The maximum Gasteiger partial charge on any atom is 0.354 e. The lowest BCUT2D eigenvalue weighted by atomic mass is 10.4. The minimum Gasteiger partial charge on any atom is -0.464 e. The molecule has 0 fully saturated rings. The van der Waals surface area contributed by atoms with Gasteiger partial charge in [0.1, 0.15) is 5.69 Å². The summed E-state index contributed by atoms with van der Waals surface area (Å²) in [6.07, 6.45) is 3.48. The molecule has 2 rings (SSSR count). The maximum atomic E-state index is 11.5. The molecule has 84 valence electrons. The van der Waals surface area contributed by atoms with E-state index >= 15 is 0 Å². The largest absolute Gasteiger partial charge is 0.464 e. The Labute approximate surface area is 96.5 Å². The zero-order valence-electron chi connectivity index (χ0n) is 8.71. The van der Waals surface area contributed by atoms with E-state index in [4.69, 9.17) is 5.73 Å². The molecule has 2 aromatic rings. The Hall–Kier alpha value is -1.82. The van der Waals surface area contributed by atoms with Gasteiger partial charge in [0.15, 0.2) is 0 Å². The van der Waals surface area contributed by atoms with Gasteiger partial charge < -0.3 is 15.0 Å². The van der Waals surface area contributed by atoms with Gasteiger partial charge in [0.05, 0.1) is 24.9 Å². The predicted octanol–water partition coefficient (Wildman–Crippen LogP) is 1.36. The van der Waals surface area contributed by atoms with Gasteiger partial charge in [0.2, 0.25) is 0 Å². The lowest BCUT2D eigenvalue weighted by Gasteiger charge is -2.04. The van der Waals surface area contributed by atoms with Crippen LogP contribution in [0.2, 0.25) is 0 Å². The first kappa shape index (κ1) is 10.7. The summed E-state index contributed by atoms with van der Waals surface area (Å²) in [6.45, 7) is 0.576. The van der Waals surface area contributed by atoms with Gasteiger partial charge in [-0.05, 0) is 6.07 Å². The minimum atomic E-state index is -0.388. The van der Waals surface area contributed by atoms with Gasteiger partial charge in [-0.2, -0.15) is 0 Å². The standard InChI is InChI=1S/C10H11N3O2S/c1-15-10(14)9-2-7(11)4-13(9)5-8-3-12-6-16-8/h2-4,6H,5,11H2,1H3. The first-order valence-electron chi connectivity index (χ1n) is 4.62. The molecule has 0 spiro atoms. The van der Waals surface area contributed by atoms with Gasteiger partial charge in [0, 0.05) is 17.3 Å². The number of carbonyl (C=O) groups is 1. The van der Waals surface area contributed by atoms with Crippen LogP contribution in [0.5, 0.6) is 0 Å². The number of ether oxygens (including phenoxy) is 1. The molecule has 0 atom stereocenters. The van der Waals surface area contributed by atoms with Crippen LogP contribution in [0, 0.1) is 0 Å². The Kier molecular flexibility index (Phi) is 2.91. The van der Waals surface area contributed by atoms with Crippen molar-refractivity contribution in [2.45, 2.75) is 6.54 Å². The highest BCUT2D eigenvalue weighted by Crippen LogP contribution is 2.15. The van der Waals surface area contributed by atoms with E-state index in [1.54, 1.807) is 28.5 Å². The molecular formula is C10H11N3O2S. The summed E-state index contributed by atoms with van der Waals surface area (Å²) in [7, 11) is 1.35. The van der Waals surface area contributed by atoms with Crippen LogP contribution in [0.15, 0.2) is 24.0 Å². The van der Waals surface area contributed by atoms with Crippen molar-refractivity contribution < 1.29 is 9.53 Å². The Morgan fingerprint density at radius 1 is 1.69 bits per heavy atom. The van der Waals surface area contributed by atoms with E-state index in [2.05, 4.69) is 9.72 Å². The number of rotatable bonds is 3. The van der Waals surface area contributed by atoms with Crippen LogP contribution in [0.4, 0.5) is 5.69 Å². The van der Waals surface area contributed by atoms with Crippen molar-refractivity contribution in [3.8, 4) is 0 Å². The number of hydrogen-bond acceptors (Lipinski definition) is 5. The summed E-state index contributed by atoms with van der Waals surface area (Å²) >= 11 is 1.53. The molecule has 2 heterocycles. The highest BCUT2D eigenvalue weighted by molar-refractivity contribution is 7.09. The molecule has 0 radical (unpaired) electrons. The van der Waals surface area contributed by atoms with Gasteiger partial charge >= 0.3 is 5.97 Å². The van der Waals surface area contributed by atoms with E-state index in [-0.39, 0.29) is 5.97 Å². The second kappa shape index (κ2) is 4.36. The molecule has 0 aliphatic carbocycles. The zero-order valence-corrected chi connectivity index (χ0v) is 9.53. The summed E-state index contributed by atoms with van der Waals surface area (Å²) in [6, 6.07) is 1.60. The van der Waals surface area contributed by atoms with E-state index in [1.165, 1.54) is 18.4 Å². The second-order valence-electron chi connectivity index (χ2n) is 3.25. The Balaban J connectivity index is 2.29. The number of methoxy groups -OCH3 is 1. The number of esters is 1. The van der Waals surface area contributed by atoms with Crippen molar-refractivity contribution in [2.75, 3.05) is 12.8 Å². The number of nitrogen functional groups attached to an aromatic ring is 1. The van der Waals surface area contributed by atoms with Crippen molar-refractivity contribution in [3.05, 3.63) is 34.5 Å². The third kappa shape index (κ3) is 2.06. The maximum absolute atomic E-state index is 11.5. The third-order valence-electron chi connectivity index (χ3n) is 2.12. The molecular weight excluding hydrogens is 226 g/mol. The number of thiazole rings is 1. The van der Waals surface area contributed by atoms with Crippen LogP contribution < -0.4 is 5.73 Å². The third-order valence-corrected chi connectivity index (χ3v) is 2.89. The molecule has 0 aliphatic heterocycles. The molecule has 2 aromatic heterocycles. The fourth-order valence-corrected chi connectivity index (χ4v) is 2.02. The van der Waals surface area contributed by atoms with Crippen molar-refractivity contribution in [2.24, 2.45) is 0 Å². The highest BCUT2D eigenvalue weighted by Gasteiger charge is 2.13. The SMILES string of the molecule is COC(=O)c1cc(N)cn1Cc1cncs1. The van der Waals surface area contributed by atoms with Crippen LogP contribution in [0.25, 0.3) is 0 Å². The van der Waals surface area contributed by atoms with Gasteiger partial charge in [-0.25, -0.2) is 4.79 Å². The minimum absolute atomic E-state index is 0.388. The van der Waals surface area contributed by atoms with Gasteiger partial charge in [-0.3, -0.25) is 4.98 Å². The average molecular weight is 237 g/mol. The molecule has 0 saturated carbocycles. The predicted molar refractivity (Wildman–Crippen MR) is 61.4 cm³/mol.